The lowest BCUT2D eigenvalue weighted by Crippen LogP contribution is -2.42. The van der Waals surface area contributed by atoms with E-state index in [9.17, 15) is 0 Å². The molecule has 96 valence electrons. The van der Waals surface area contributed by atoms with Crippen molar-refractivity contribution >= 4 is 11.3 Å². The molecule has 4 heteroatoms. The van der Waals surface area contributed by atoms with E-state index in [4.69, 9.17) is 5.73 Å². The number of aromatic nitrogens is 1. The number of nitrogens with one attached hydrogen (secondary N) is 1. The van der Waals surface area contributed by atoms with Crippen LogP contribution in [-0.4, -0.2) is 24.1 Å². The third-order valence-electron chi connectivity index (χ3n) is 3.67. The van der Waals surface area contributed by atoms with E-state index in [2.05, 4.69) is 22.6 Å². The van der Waals surface area contributed by atoms with Gasteiger partial charge in [-0.2, -0.15) is 0 Å². The van der Waals surface area contributed by atoms with Gasteiger partial charge in [-0.25, -0.2) is 4.98 Å². The highest BCUT2D eigenvalue weighted by atomic mass is 32.1. The van der Waals surface area contributed by atoms with E-state index in [1.165, 1.54) is 31.4 Å². The Balaban J connectivity index is 1.73. The van der Waals surface area contributed by atoms with E-state index in [0.29, 0.717) is 12.0 Å². The Bertz CT molecular complexity index is 337. The van der Waals surface area contributed by atoms with E-state index >= 15 is 0 Å². The molecule has 0 spiro atoms. The van der Waals surface area contributed by atoms with E-state index < -0.39 is 0 Å². The highest BCUT2D eigenvalue weighted by Crippen LogP contribution is 2.23. The molecule has 3 nitrogen and oxygen atoms in total. The predicted molar refractivity (Wildman–Crippen MR) is 73.4 cm³/mol. The first-order valence-electron chi connectivity index (χ1n) is 6.64. The summed E-state index contributed by atoms with van der Waals surface area (Å²) in [7, 11) is 0. The largest absolute Gasteiger partial charge is 0.330 e. The summed E-state index contributed by atoms with van der Waals surface area (Å²) in [5.74, 6) is 0.681. The van der Waals surface area contributed by atoms with Crippen molar-refractivity contribution in [3.05, 3.63) is 16.1 Å². The SMILES string of the molecule is Cc1nc(CCNC2CCCCC2CN)cs1. The molecule has 3 N–H and O–H groups in total. The predicted octanol–water partition coefficient (Wildman–Crippen LogP) is 2.10. The van der Waals surface area contributed by atoms with Crippen molar-refractivity contribution in [2.75, 3.05) is 13.1 Å². The zero-order valence-electron chi connectivity index (χ0n) is 10.6. The fourth-order valence-electron chi connectivity index (χ4n) is 2.67. The van der Waals surface area contributed by atoms with Crippen LogP contribution in [0.4, 0.5) is 0 Å². The summed E-state index contributed by atoms with van der Waals surface area (Å²) in [6.45, 7) is 3.92. The second kappa shape index (κ2) is 6.47. The van der Waals surface area contributed by atoms with Gasteiger partial charge in [-0.05, 0) is 32.2 Å². The molecule has 1 fully saturated rings. The van der Waals surface area contributed by atoms with Crippen molar-refractivity contribution in [2.45, 2.75) is 45.1 Å². The molecule has 1 aliphatic rings. The topological polar surface area (TPSA) is 50.9 Å². The maximum absolute atomic E-state index is 5.83. The molecule has 0 amide bonds. The molecule has 17 heavy (non-hydrogen) atoms. The van der Waals surface area contributed by atoms with Crippen molar-refractivity contribution < 1.29 is 0 Å². The van der Waals surface area contributed by atoms with Crippen molar-refractivity contribution in [1.29, 1.82) is 0 Å². The molecule has 2 unspecified atom stereocenters. The zero-order valence-corrected chi connectivity index (χ0v) is 11.4. The van der Waals surface area contributed by atoms with E-state index in [0.717, 1.165) is 24.5 Å². The molecule has 1 aromatic heterocycles. The third kappa shape index (κ3) is 3.76. The molecule has 2 atom stereocenters. The van der Waals surface area contributed by atoms with Crippen molar-refractivity contribution in [1.82, 2.24) is 10.3 Å². The number of aryl methyl sites for hydroxylation is 1. The normalized spacial score (nSPS) is 25.1. The van der Waals surface area contributed by atoms with Gasteiger partial charge in [0.1, 0.15) is 0 Å². The smallest absolute Gasteiger partial charge is 0.0897 e. The lowest BCUT2D eigenvalue weighted by Gasteiger charge is -2.31. The average molecular weight is 253 g/mol. The first-order chi connectivity index (χ1) is 8.29. The third-order valence-corrected chi connectivity index (χ3v) is 4.49. The Morgan fingerprint density at radius 2 is 2.29 bits per heavy atom. The quantitative estimate of drug-likeness (QED) is 0.845. The molecule has 0 radical (unpaired) electrons. The van der Waals surface area contributed by atoms with E-state index in [1.54, 1.807) is 11.3 Å². The minimum absolute atomic E-state index is 0.633. The molecule has 1 saturated carbocycles. The minimum atomic E-state index is 0.633. The summed E-state index contributed by atoms with van der Waals surface area (Å²) in [6.07, 6.45) is 6.33. The maximum atomic E-state index is 5.83. The second-order valence-corrected chi connectivity index (χ2v) is 6.01. The van der Waals surface area contributed by atoms with Gasteiger partial charge in [-0.15, -0.1) is 11.3 Å². The molecule has 0 aromatic carbocycles. The molecule has 0 aliphatic heterocycles. The Morgan fingerprint density at radius 3 is 3.00 bits per heavy atom. The highest BCUT2D eigenvalue weighted by Gasteiger charge is 2.22. The summed E-state index contributed by atoms with van der Waals surface area (Å²) in [4.78, 5) is 4.49. The first-order valence-corrected chi connectivity index (χ1v) is 7.52. The molecule has 1 heterocycles. The van der Waals surface area contributed by atoms with Crippen LogP contribution in [0.3, 0.4) is 0 Å². The standard InChI is InChI=1S/C13H23N3S/c1-10-16-12(9-17-10)6-7-15-13-5-3-2-4-11(13)8-14/h9,11,13,15H,2-8,14H2,1H3. The number of hydrogen-bond donors (Lipinski definition) is 2. The fourth-order valence-corrected chi connectivity index (χ4v) is 3.31. The van der Waals surface area contributed by atoms with Crippen LogP contribution in [0.25, 0.3) is 0 Å². The number of hydrogen-bond acceptors (Lipinski definition) is 4. The lowest BCUT2D eigenvalue weighted by molar-refractivity contribution is 0.269. The maximum Gasteiger partial charge on any atom is 0.0897 e. The van der Waals surface area contributed by atoms with Crippen LogP contribution in [0, 0.1) is 12.8 Å². The lowest BCUT2D eigenvalue weighted by atomic mass is 9.84. The molecular weight excluding hydrogens is 230 g/mol. The number of rotatable bonds is 5. The van der Waals surface area contributed by atoms with Crippen LogP contribution in [-0.2, 0) is 6.42 Å². The zero-order chi connectivity index (χ0) is 12.1. The summed E-state index contributed by atoms with van der Waals surface area (Å²) >= 11 is 1.74. The van der Waals surface area contributed by atoms with Gasteiger partial charge in [-0.1, -0.05) is 12.8 Å². The molecule has 0 bridgehead atoms. The van der Waals surface area contributed by atoms with Gasteiger partial charge >= 0.3 is 0 Å². The van der Waals surface area contributed by atoms with Crippen LogP contribution in [0.2, 0.25) is 0 Å². The van der Waals surface area contributed by atoms with Gasteiger partial charge in [0.05, 0.1) is 10.7 Å². The molecule has 1 aromatic rings. The van der Waals surface area contributed by atoms with Gasteiger partial charge in [0.25, 0.3) is 0 Å². The van der Waals surface area contributed by atoms with Crippen LogP contribution in [0.15, 0.2) is 5.38 Å². The molecular formula is C13H23N3S. The van der Waals surface area contributed by atoms with Crippen molar-refractivity contribution in [3.63, 3.8) is 0 Å². The first kappa shape index (κ1) is 13.0. The van der Waals surface area contributed by atoms with Crippen LogP contribution >= 0.6 is 11.3 Å². The summed E-state index contributed by atoms with van der Waals surface area (Å²) in [5.41, 5.74) is 7.05. The summed E-state index contributed by atoms with van der Waals surface area (Å²) in [6, 6.07) is 0.633. The van der Waals surface area contributed by atoms with Gasteiger partial charge in [0.15, 0.2) is 0 Å². The van der Waals surface area contributed by atoms with E-state index in [1.807, 2.05) is 0 Å². The van der Waals surface area contributed by atoms with Crippen LogP contribution < -0.4 is 11.1 Å². The van der Waals surface area contributed by atoms with Gasteiger partial charge < -0.3 is 11.1 Å². The highest BCUT2D eigenvalue weighted by molar-refractivity contribution is 7.09. The van der Waals surface area contributed by atoms with Gasteiger partial charge in [0, 0.05) is 24.4 Å². The molecule has 1 aliphatic carbocycles. The second-order valence-electron chi connectivity index (χ2n) is 4.95. The Morgan fingerprint density at radius 1 is 1.47 bits per heavy atom. The fraction of sp³-hybridized carbons (Fsp3) is 0.769. The van der Waals surface area contributed by atoms with Crippen molar-refractivity contribution in [3.8, 4) is 0 Å². The Kier molecular flexibility index (Phi) is 4.95. The summed E-state index contributed by atoms with van der Waals surface area (Å²) in [5, 5.41) is 6.99. The minimum Gasteiger partial charge on any atom is -0.330 e. The number of thiazole rings is 1. The summed E-state index contributed by atoms with van der Waals surface area (Å²) < 4.78 is 0. The van der Waals surface area contributed by atoms with Crippen LogP contribution in [0.1, 0.15) is 36.4 Å². The molecule has 0 saturated heterocycles. The van der Waals surface area contributed by atoms with E-state index in [-0.39, 0.29) is 0 Å². The average Bonchev–Trinajstić information content (AvgIpc) is 2.76. The Hall–Kier alpha value is -0.450. The van der Waals surface area contributed by atoms with Gasteiger partial charge in [-0.3, -0.25) is 0 Å². The number of nitrogens with zero attached hydrogens (tertiary/aromatic N) is 1. The van der Waals surface area contributed by atoms with Gasteiger partial charge in [0.2, 0.25) is 0 Å². The van der Waals surface area contributed by atoms with Crippen molar-refractivity contribution in [2.24, 2.45) is 11.7 Å². The molecule has 2 rings (SSSR count). The monoisotopic (exact) mass is 253 g/mol. The Labute approximate surface area is 108 Å². The number of nitrogens with two attached hydrogens (primary N) is 1. The van der Waals surface area contributed by atoms with Crippen LogP contribution in [0.5, 0.6) is 0 Å².